The van der Waals surface area contributed by atoms with Gasteiger partial charge in [0, 0.05) is 6.54 Å². The van der Waals surface area contributed by atoms with Crippen molar-refractivity contribution < 1.29 is 4.79 Å². The third kappa shape index (κ3) is 3.98. The number of hydrogen-bond donors (Lipinski definition) is 3. The van der Waals surface area contributed by atoms with E-state index in [4.69, 9.17) is 11.0 Å². The lowest BCUT2D eigenvalue weighted by Gasteiger charge is -2.11. The Morgan fingerprint density at radius 3 is 2.83 bits per heavy atom. The zero-order chi connectivity index (χ0) is 13.5. The first-order chi connectivity index (χ1) is 8.54. The number of nitrogens with one attached hydrogen (secondary N) is 2. The Balaban J connectivity index is 2.54. The van der Waals surface area contributed by atoms with Gasteiger partial charge in [0.05, 0.1) is 23.5 Å². The van der Waals surface area contributed by atoms with Crippen LogP contribution in [-0.2, 0) is 4.79 Å². The quantitative estimate of drug-likeness (QED) is 0.683. The first-order valence-electron chi connectivity index (χ1n) is 5.83. The van der Waals surface area contributed by atoms with E-state index >= 15 is 0 Å². The van der Waals surface area contributed by atoms with Gasteiger partial charge in [0.15, 0.2) is 0 Å². The molecule has 4 N–H and O–H groups in total. The van der Waals surface area contributed by atoms with Crippen LogP contribution in [0.5, 0.6) is 0 Å². The highest BCUT2D eigenvalue weighted by Gasteiger charge is 2.06. The average Bonchev–Trinajstić information content (AvgIpc) is 2.35. The highest BCUT2D eigenvalue weighted by atomic mass is 16.1. The summed E-state index contributed by atoms with van der Waals surface area (Å²) in [6, 6.07) is 7.10. The van der Waals surface area contributed by atoms with Crippen LogP contribution in [0.25, 0.3) is 0 Å². The number of nitrogens with two attached hydrogens (primary N) is 1. The van der Waals surface area contributed by atoms with Gasteiger partial charge in [0.25, 0.3) is 0 Å². The van der Waals surface area contributed by atoms with Crippen LogP contribution in [0.4, 0.5) is 11.4 Å². The number of nitrogen functional groups attached to an aromatic ring is 1. The molecule has 1 aromatic rings. The fourth-order valence-electron chi connectivity index (χ4n) is 1.37. The molecule has 0 heterocycles. The smallest absolute Gasteiger partial charge is 0.239 e. The van der Waals surface area contributed by atoms with Crippen LogP contribution in [0.1, 0.15) is 19.4 Å². The molecule has 0 saturated heterocycles. The molecule has 96 valence electrons. The summed E-state index contributed by atoms with van der Waals surface area (Å²) in [5.41, 5.74) is 7.17. The third-order valence-electron chi connectivity index (χ3n) is 2.37. The van der Waals surface area contributed by atoms with Gasteiger partial charge in [0.1, 0.15) is 6.07 Å². The van der Waals surface area contributed by atoms with E-state index in [1.165, 1.54) is 0 Å². The van der Waals surface area contributed by atoms with E-state index < -0.39 is 0 Å². The minimum atomic E-state index is -0.0922. The first-order valence-corrected chi connectivity index (χ1v) is 5.83. The number of carbonyl (C=O) groups is 1. The van der Waals surface area contributed by atoms with Crippen molar-refractivity contribution in [3.05, 3.63) is 23.8 Å². The molecule has 1 aromatic carbocycles. The second kappa shape index (κ2) is 6.50. The fourth-order valence-corrected chi connectivity index (χ4v) is 1.37. The Bertz CT molecular complexity index is 463. The van der Waals surface area contributed by atoms with Crippen LogP contribution in [0.15, 0.2) is 18.2 Å². The molecule has 0 aromatic heterocycles. The summed E-state index contributed by atoms with van der Waals surface area (Å²) in [6.45, 7) is 4.85. The molecule has 1 amide bonds. The van der Waals surface area contributed by atoms with Crippen molar-refractivity contribution in [1.29, 1.82) is 5.26 Å². The molecule has 0 aliphatic carbocycles. The minimum absolute atomic E-state index is 0.0922. The molecule has 0 aliphatic heterocycles. The van der Waals surface area contributed by atoms with Crippen molar-refractivity contribution in [3.63, 3.8) is 0 Å². The molecule has 1 rings (SSSR count). The van der Waals surface area contributed by atoms with Gasteiger partial charge >= 0.3 is 0 Å². The summed E-state index contributed by atoms with van der Waals surface area (Å²) >= 11 is 0. The summed E-state index contributed by atoms with van der Waals surface area (Å²) in [4.78, 5) is 11.5. The summed E-state index contributed by atoms with van der Waals surface area (Å²) in [5.74, 6) is 0.325. The van der Waals surface area contributed by atoms with Crippen LogP contribution in [-0.4, -0.2) is 19.0 Å². The lowest BCUT2D eigenvalue weighted by atomic mass is 10.1. The summed E-state index contributed by atoms with van der Waals surface area (Å²) in [7, 11) is 0. The monoisotopic (exact) mass is 246 g/mol. The number of anilines is 2. The van der Waals surface area contributed by atoms with Gasteiger partial charge in [-0.05, 0) is 18.1 Å². The van der Waals surface area contributed by atoms with Crippen LogP contribution < -0.4 is 16.4 Å². The van der Waals surface area contributed by atoms with Gasteiger partial charge in [0.2, 0.25) is 5.91 Å². The molecular formula is C13H18N4O. The maximum Gasteiger partial charge on any atom is 0.239 e. The molecule has 0 radical (unpaired) electrons. The summed E-state index contributed by atoms with van der Waals surface area (Å²) < 4.78 is 0. The Kier molecular flexibility index (Phi) is 5.00. The third-order valence-corrected chi connectivity index (χ3v) is 2.37. The zero-order valence-electron chi connectivity index (χ0n) is 10.7. The van der Waals surface area contributed by atoms with E-state index in [1.807, 2.05) is 19.9 Å². The van der Waals surface area contributed by atoms with Crippen molar-refractivity contribution in [2.24, 2.45) is 5.92 Å². The number of hydrogen-bond acceptors (Lipinski definition) is 4. The molecule has 5 heteroatoms. The lowest BCUT2D eigenvalue weighted by Crippen LogP contribution is -2.32. The molecule has 0 atom stereocenters. The standard InChI is InChI=1S/C13H18N4O/c1-9(2)7-17-12(18)8-16-11-5-3-4-10(6-14)13(11)15/h3-5,9,16H,7-8,15H2,1-2H3,(H,17,18). The van der Waals surface area contributed by atoms with E-state index in [0.717, 1.165) is 0 Å². The molecule has 0 saturated carbocycles. The van der Waals surface area contributed by atoms with Gasteiger partial charge in [-0.2, -0.15) is 5.26 Å². The SMILES string of the molecule is CC(C)CNC(=O)CNc1cccc(C#N)c1N. The number of rotatable bonds is 5. The van der Waals surface area contributed by atoms with E-state index in [2.05, 4.69) is 10.6 Å². The molecule has 5 nitrogen and oxygen atoms in total. The largest absolute Gasteiger partial charge is 0.396 e. The Labute approximate surface area is 107 Å². The predicted molar refractivity (Wildman–Crippen MR) is 71.9 cm³/mol. The Morgan fingerprint density at radius 2 is 2.22 bits per heavy atom. The van der Waals surface area contributed by atoms with Crippen molar-refractivity contribution in [2.45, 2.75) is 13.8 Å². The van der Waals surface area contributed by atoms with Crippen LogP contribution in [0.2, 0.25) is 0 Å². The molecular weight excluding hydrogens is 228 g/mol. The Morgan fingerprint density at radius 1 is 1.50 bits per heavy atom. The highest BCUT2D eigenvalue weighted by Crippen LogP contribution is 2.21. The molecule has 0 bridgehead atoms. The molecule has 0 unspecified atom stereocenters. The fraction of sp³-hybridized carbons (Fsp3) is 0.385. The molecule has 0 aliphatic rings. The first kappa shape index (κ1) is 13.8. The second-order valence-corrected chi connectivity index (χ2v) is 4.43. The van der Waals surface area contributed by atoms with Crippen molar-refractivity contribution in [1.82, 2.24) is 5.32 Å². The van der Waals surface area contributed by atoms with Crippen LogP contribution in [0.3, 0.4) is 0 Å². The van der Waals surface area contributed by atoms with Gasteiger partial charge in [-0.3, -0.25) is 4.79 Å². The zero-order valence-corrected chi connectivity index (χ0v) is 10.7. The summed E-state index contributed by atoms with van der Waals surface area (Å²) in [5, 5.41) is 14.5. The van der Waals surface area contributed by atoms with Crippen molar-refractivity contribution in [2.75, 3.05) is 24.1 Å². The van der Waals surface area contributed by atoms with Gasteiger partial charge in [-0.25, -0.2) is 0 Å². The topological polar surface area (TPSA) is 90.9 Å². The van der Waals surface area contributed by atoms with Crippen molar-refractivity contribution in [3.8, 4) is 6.07 Å². The molecule has 0 spiro atoms. The number of nitriles is 1. The number of benzene rings is 1. The van der Waals surface area contributed by atoms with Gasteiger partial charge < -0.3 is 16.4 Å². The van der Waals surface area contributed by atoms with E-state index in [9.17, 15) is 4.79 Å². The molecule has 18 heavy (non-hydrogen) atoms. The van der Waals surface area contributed by atoms with E-state index in [0.29, 0.717) is 29.4 Å². The predicted octanol–water partition coefficient (Wildman–Crippen LogP) is 1.32. The highest BCUT2D eigenvalue weighted by molar-refractivity contribution is 5.83. The Hall–Kier alpha value is -2.22. The lowest BCUT2D eigenvalue weighted by molar-refractivity contribution is -0.119. The van der Waals surface area contributed by atoms with E-state index in [-0.39, 0.29) is 12.5 Å². The van der Waals surface area contributed by atoms with Crippen LogP contribution >= 0.6 is 0 Å². The maximum absolute atomic E-state index is 11.5. The number of carbonyl (C=O) groups excluding carboxylic acids is 1. The number of para-hydroxylation sites is 1. The average molecular weight is 246 g/mol. The normalized spacial score (nSPS) is 9.89. The maximum atomic E-state index is 11.5. The second-order valence-electron chi connectivity index (χ2n) is 4.43. The van der Waals surface area contributed by atoms with Crippen LogP contribution in [0, 0.1) is 17.2 Å². The van der Waals surface area contributed by atoms with Gasteiger partial charge in [-0.1, -0.05) is 19.9 Å². The van der Waals surface area contributed by atoms with Crippen molar-refractivity contribution >= 4 is 17.3 Å². The minimum Gasteiger partial charge on any atom is -0.396 e. The number of nitrogens with zero attached hydrogens (tertiary/aromatic N) is 1. The number of amides is 1. The molecule has 0 fully saturated rings. The van der Waals surface area contributed by atoms with E-state index in [1.54, 1.807) is 18.2 Å². The summed E-state index contributed by atoms with van der Waals surface area (Å²) in [6.07, 6.45) is 0. The van der Waals surface area contributed by atoms with Gasteiger partial charge in [-0.15, -0.1) is 0 Å².